The molecule has 1 atom stereocenters. The summed E-state index contributed by atoms with van der Waals surface area (Å²) in [6, 6.07) is 16.1. The van der Waals surface area contributed by atoms with Crippen LogP contribution in [0.5, 0.6) is 5.75 Å². The van der Waals surface area contributed by atoms with Gasteiger partial charge in [-0.1, -0.05) is 42.0 Å². The first-order valence-electron chi connectivity index (χ1n) is 10.5. The van der Waals surface area contributed by atoms with E-state index in [4.69, 9.17) is 0 Å². The molecule has 3 nitrogen and oxygen atoms in total. The predicted octanol–water partition coefficient (Wildman–Crippen LogP) is 7.17. The average Bonchev–Trinajstić information content (AvgIpc) is 3.10. The maximum absolute atomic E-state index is 13.4. The van der Waals surface area contributed by atoms with E-state index in [2.05, 4.69) is 4.74 Å². The summed E-state index contributed by atoms with van der Waals surface area (Å²) in [5.74, 6) is -0.789. The molecule has 0 bridgehead atoms. The van der Waals surface area contributed by atoms with Crippen molar-refractivity contribution in [2.45, 2.75) is 31.9 Å². The molecule has 0 aliphatic carbocycles. The summed E-state index contributed by atoms with van der Waals surface area (Å²) >= 11 is 0. The highest BCUT2D eigenvalue weighted by molar-refractivity contribution is 6.09. The molecule has 1 heterocycles. The molecule has 1 unspecified atom stereocenters. The maximum Gasteiger partial charge on any atom is 0.573 e. The Morgan fingerprint density at radius 3 is 2.14 bits per heavy atom. The van der Waals surface area contributed by atoms with Crippen LogP contribution in [-0.2, 0) is 17.4 Å². The van der Waals surface area contributed by atoms with E-state index in [-0.39, 0.29) is 12.0 Å². The first-order valence-corrected chi connectivity index (χ1v) is 10.5. The third kappa shape index (κ3) is 5.67. The Balaban J connectivity index is 1.68. The molecule has 0 saturated carbocycles. The van der Waals surface area contributed by atoms with Crippen molar-refractivity contribution in [3.8, 4) is 5.75 Å². The minimum atomic E-state index is -4.82. The lowest BCUT2D eigenvalue weighted by Gasteiger charge is -2.26. The van der Waals surface area contributed by atoms with Gasteiger partial charge in [-0.05, 0) is 60.5 Å². The molecule has 9 heteroatoms. The van der Waals surface area contributed by atoms with Crippen LogP contribution in [0.25, 0.3) is 0 Å². The van der Waals surface area contributed by atoms with Gasteiger partial charge in [-0.25, -0.2) is 0 Å². The summed E-state index contributed by atoms with van der Waals surface area (Å²) in [6.07, 6.45) is -7.68. The second-order valence-corrected chi connectivity index (χ2v) is 8.14. The lowest BCUT2D eigenvalue weighted by Crippen LogP contribution is -2.30. The van der Waals surface area contributed by atoms with Gasteiger partial charge in [0.2, 0.25) is 0 Å². The Bertz CT molecular complexity index is 1240. The zero-order valence-electron chi connectivity index (χ0n) is 18.3. The van der Waals surface area contributed by atoms with Crippen LogP contribution in [0.1, 0.15) is 28.3 Å². The molecular formula is C26H19F6NO2. The Hall–Kier alpha value is -3.75. The molecule has 182 valence electrons. The van der Waals surface area contributed by atoms with E-state index in [9.17, 15) is 31.1 Å². The monoisotopic (exact) mass is 491 g/mol. The molecule has 0 spiro atoms. The molecular weight excluding hydrogens is 472 g/mol. The third-order valence-electron chi connectivity index (χ3n) is 5.55. The summed E-state index contributed by atoms with van der Waals surface area (Å²) in [6.45, 7) is 1.87. The van der Waals surface area contributed by atoms with Crippen molar-refractivity contribution >= 4 is 11.6 Å². The molecule has 0 N–H and O–H groups in total. The molecule has 4 rings (SSSR count). The predicted molar refractivity (Wildman–Crippen MR) is 118 cm³/mol. The van der Waals surface area contributed by atoms with Crippen LogP contribution >= 0.6 is 0 Å². The number of hydrogen-bond acceptors (Lipinski definition) is 2. The minimum absolute atomic E-state index is 0.0863. The van der Waals surface area contributed by atoms with E-state index < -0.39 is 35.8 Å². The van der Waals surface area contributed by atoms with Crippen LogP contribution in [0, 0.1) is 6.92 Å². The van der Waals surface area contributed by atoms with Crippen LogP contribution < -0.4 is 9.64 Å². The van der Waals surface area contributed by atoms with E-state index in [1.54, 1.807) is 30.3 Å². The molecule has 0 fully saturated rings. The van der Waals surface area contributed by atoms with Gasteiger partial charge in [0, 0.05) is 17.7 Å². The summed E-state index contributed by atoms with van der Waals surface area (Å²) in [4.78, 5) is 14.8. The molecule has 1 amide bonds. The largest absolute Gasteiger partial charge is 0.573 e. The number of anilines is 1. The van der Waals surface area contributed by atoms with Gasteiger partial charge in [0.1, 0.15) is 5.75 Å². The number of aryl methyl sites for hydroxylation is 1. The van der Waals surface area contributed by atoms with E-state index in [1.807, 2.05) is 6.92 Å². The Morgan fingerprint density at radius 2 is 1.54 bits per heavy atom. The Kier molecular flexibility index (Phi) is 6.36. The number of alkyl halides is 6. The van der Waals surface area contributed by atoms with Crippen molar-refractivity contribution in [3.63, 3.8) is 0 Å². The molecule has 0 aromatic heterocycles. The van der Waals surface area contributed by atoms with Crippen LogP contribution in [-0.4, -0.2) is 12.3 Å². The van der Waals surface area contributed by atoms with Crippen molar-refractivity contribution in [2.75, 3.05) is 4.90 Å². The highest BCUT2D eigenvalue weighted by Crippen LogP contribution is 2.39. The van der Waals surface area contributed by atoms with Crippen LogP contribution in [0.15, 0.2) is 84.4 Å². The molecule has 3 aromatic rings. The number of ether oxygens (including phenoxy) is 1. The average molecular weight is 491 g/mol. The molecule has 35 heavy (non-hydrogen) atoms. The quantitative estimate of drug-likeness (QED) is 0.354. The summed E-state index contributed by atoms with van der Waals surface area (Å²) in [7, 11) is 0. The van der Waals surface area contributed by atoms with Gasteiger partial charge in [0.05, 0.1) is 11.6 Å². The third-order valence-corrected chi connectivity index (χ3v) is 5.55. The van der Waals surface area contributed by atoms with E-state index in [0.29, 0.717) is 16.8 Å². The molecule has 1 aliphatic rings. The topological polar surface area (TPSA) is 29.5 Å². The number of nitrogens with zero attached hydrogens (tertiary/aromatic N) is 1. The van der Waals surface area contributed by atoms with Crippen molar-refractivity contribution in [1.82, 2.24) is 0 Å². The second kappa shape index (κ2) is 9.13. The first kappa shape index (κ1) is 24.4. The fraction of sp³-hybridized carbons (Fsp3) is 0.192. The van der Waals surface area contributed by atoms with Crippen LogP contribution in [0.2, 0.25) is 0 Å². The summed E-state index contributed by atoms with van der Waals surface area (Å²) in [5, 5.41) is 0. The van der Waals surface area contributed by atoms with Crippen molar-refractivity contribution in [3.05, 3.63) is 107 Å². The molecule has 0 saturated heterocycles. The molecule has 3 aromatic carbocycles. The summed E-state index contributed by atoms with van der Waals surface area (Å²) in [5.41, 5.74) is 1.80. The lowest BCUT2D eigenvalue weighted by molar-refractivity contribution is -0.274. The number of amides is 1. The van der Waals surface area contributed by atoms with Gasteiger partial charge in [0.15, 0.2) is 0 Å². The van der Waals surface area contributed by atoms with Gasteiger partial charge >= 0.3 is 12.5 Å². The Morgan fingerprint density at radius 1 is 0.886 bits per heavy atom. The number of carbonyl (C=O) groups is 1. The van der Waals surface area contributed by atoms with Gasteiger partial charge < -0.3 is 4.74 Å². The molecule has 0 radical (unpaired) electrons. The number of benzene rings is 3. The molecule has 1 aliphatic heterocycles. The fourth-order valence-electron chi connectivity index (χ4n) is 3.91. The number of hydrogen-bond donors (Lipinski definition) is 0. The van der Waals surface area contributed by atoms with Gasteiger partial charge in [-0.3, -0.25) is 9.69 Å². The first-order chi connectivity index (χ1) is 16.4. The smallest absolute Gasteiger partial charge is 0.406 e. The highest BCUT2D eigenvalue weighted by atomic mass is 19.4. The number of carbonyl (C=O) groups excluding carboxylic acids is 1. The van der Waals surface area contributed by atoms with Crippen molar-refractivity contribution in [1.29, 1.82) is 0 Å². The van der Waals surface area contributed by atoms with Crippen molar-refractivity contribution < 1.29 is 35.9 Å². The van der Waals surface area contributed by atoms with E-state index in [1.165, 1.54) is 29.2 Å². The zero-order chi connectivity index (χ0) is 25.4. The highest BCUT2D eigenvalue weighted by Gasteiger charge is 2.37. The maximum atomic E-state index is 13.4. The SMILES string of the molecule is Cc1ccc(N2C(=O)C(Cc3ccc(OC(F)(F)F)cc3)=CC2c2cccc(C(F)(F)F)c2)cc1. The Labute approximate surface area is 197 Å². The standard InChI is InChI=1S/C26H19F6NO2/c1-16-5-9-21(10-6-16)33-23(18-3-2-4-20(14-18)25(27,28)29)15-19(24(33)34)13-17-7-11-22(12-8-17)35-26(30,31)32/h2-12,14-15,23H,13H2,1H3. The van der Waals surface area contributed by atoms with Gasteiger partial charge in [0.25, 0.3) is 5.91 Å². The minimum Gasteiger partial charge on any atom is -0.406 e. The normalized spacial score (nSPS) is 16.4. The summed E-state index contributed by atoms with van der Waals surface area (Å²) < 4.78 is 81.0. The van der Waals surface area contributed by atoms with Crippen LogP contribution in [0.4, 0.5) is 32.0 Å². The lowest BCUT2D eigenvalue weighted by atomic mass is 10.0. The second-order valence-electron chi connectivity index (χ2n) is 8.14. The van der Waals surface area contributed by atoms with E-state index in [0.717, 1.165) is 29.8 Å². The number of halogens is 6. The van der Waals surface area contributed by atoms with Crippen molar-refractivity contribution in [2.24, 2.45) is 0 Å². The van der Waals surface area contributed by atoms with Gasteiger partial charge in [-0.15, -0.1) is 13.2 Å². The number of rotatable bonds is 5. The zero-order valence-corrected chi connectivity index (χ0v) is 18.3. The fourth-order valence-corrected chi connectivity index (χ4v) is 3.91. The van der Waals surface area contributed by atoms with E-state index >= 15 is 0 Å². The van der Waals surface area contributed by atoms with Crippen LogP contribution in [0.3, 0.4) is 0 Å². The van der Waals surface area contributed by atoms with Gasteiger partial charge in [-0.2, -0.15) is 13.2 Å².